The van der Waals surface area contributed by atoms with Crippen LogP contribution in [0.4, 0.5) is 0 Å². The molecule has 2 heteroatoms. The minimum absolute atomic E-state index is 0.0798. The maximum Gasteiger partial charge on any atom is 0.194 e. The van der Waals surface area contributed by atoms with Gasteiger partial charge in [-0.1, -0.05) is 41.4 Å². The van der Waals surface area contributed by atoms with Gasteiger partial charge in [0.2, 0.25) is 0 Å². The van der Waals surface area contributed by atoms with E-state index >= 15 is 0 Å². The summed E-state index contributed by atoms with van der Waals surface area (Å²) in [5, 5.41) is 0.647. The molecule has 0 aromatic heterocycles. The molecule has 0 aliphatic heterocycles. The molecule has 16 heavy (non-hydrogen) atoms. The fraction of sp³-hybridized carbons (Fsp3) is 0.0714. The summed E-state index contributed by atoms with van der Waals surface area (Å²) >= 11 is 6.15. The van der Waals surface area contributed by atoms with Gasteiger partial charge in [-0.3, -0.25) is 4.79 Å². The highest BCUT2D eigenvalue weighted by molar-refractivity contribution is 6.36. The highest BCUT2D eigenvalue weighted by Gasteiger charge is 2.27. The van der Waals surface area contributed by atoms with E-state index in [-0.39, 0.29) is 5.78 Å². The molecule has 0 N–H and O–H groups in total. The Labute approximate surface area is 98.7 Å². The molecule has 2 aromatic rings. The van der Waals surface area contributed by atoms with E-state index in [4.69, 9.17) is 11.6 Å². The van der Waals surface area contributed by atoms with Crippen molar-refractivity contribution >= 4 is 17.4 Å². The van der Waals surface area contributed by atoms with Crippen molar-refractivity contribution in [1.29, 1.82) is 0 Å². The Hall–Kier alpha value is -1.60. The Kier molecular flexibility index (Phi) is 1.92. The van der Waals surface area contributed by atoms with Crippen LogP contribution < -0.4 is 0 Å². The molecule has 1 aliphatic carbocycles. The fourth-order valence-corrected chi connectivity index (χ4v) is 2.47. The van der Waals surface area contributed by atoms with Crippen LogP contribution in [0.15, 0.2) is 36.4 Å². The largest absolute Gasteiger partial charge is 0.289 e. The minimum Gasteiger partial charge on any atom is -0.289 e. The molecule has 3 rings (SSSR count). The molecule has 0 amide bonds. The van der Waals surface area contributed by atoms with E-state index in [1.807, 2.05) is 43.3 Å². The van der Waals surface area contributed by atoms with Crippen LogP contribution in [0.5, 0.6) is 0 Å². The lowest BCUT2D eigenvalue weighted by atomic mass is 10.0. The van der Waals surface area contributed by atoms with Crippen molar-refractivity contribution < 1.29 is 4.79 Å². The number of hydrogen-bond acceptors (Lipinski definition) is 1. The Balaban J connectivity index is 2.41. The van der Waals surface area contributed by atoms with Crippen LogP contribution in [-0.2, 0) is 0 Å². The summed E-state index contributed by atoms with van der Waals surface area (Å²) in [6.45, 7) is 1.98. The number of halogens is 1. The van der Waals surface area contributed by atoms with E-state index in [2.05, 4.69) is 0 Å². The summed E-state index contributed by atoms with van der Waals surface area (Å²) in [5.74, 6) is 0.0798. The molecule has 0 spiro atoms. The second-order valence-electron chi connectivity index (χ2n) is 4.04. The first-order chi connectivity index (χ1) is 7.68. The Morgan fingerprint density at radius 2 is 1.81 bits per heavy atom. The number of carbonyl (C=O) groups excluding carboxylic acids is 1. The molecule has 1 aliphatic rings. The third-order valence-corrected chi connectivity index (χ3v) is 3.26. The van der Waals surface area contributed by atoms with Crippen molar-refractivity contribution in [2.45, 2.75) is 6.92 Å². The smallest absolute Gasteiger partial charge is 0.194 e. The molecule has 1 nitrogen and oxygen atoms in total. The topological polar surface area (TPSA) is 17.1 Å². The molecule has 0 radical (unpaired) electrons. The lowest BCUT2D eigenvalue weighted by Crippen LogP contribution is -1.94. The monoisotopic (exact) mass is 228 g/mol. The summed E-state index contributed by atoms with van der Waals surface area (Å²) in [6, 6.07) is 11.4. The van der Waals surface area contributed by atoms with Gasteiger partial charge in [0.25, 0.3) is 0 Å². The molecular weight excluding hydrogens is 220 g/mol. The zero-order chi connectivity index (χ0) is 11.3. The Morgan fingerprint density at radius 3 is 2.62 bits per heavy atom. The second kappa shape index (κ2) is 3.19. The van der Waals surface area contributed by atoms with Gasteiger partial charge in [0.15, 0.2) is 5.78 Å². The fourth-order valence-electron chi connectivity index (χ4n) is 2.20. The van der Waals surface area contributed by atoms with Crippen molar-refractivity contribution in [3.05, 3.63) is 58.1 Å². The normalized spacial score (nSPS) is 12.5. The molecule has 0 saturated carbocycles. The van der Waals surface area contributed by atoms with Crippen molar-refractivity contribution in [2.24, 2.45) is 0 Å². The standard InChI is InChI=1S/C14H9ClO/c1-8-5-6-9-11(7-8)14(16)10-3-2-4-12(15)13(9)10/h2-7H,1H3. The molecule has 0 atom stereocenters. The molecular formula is C14H9ClO. The molecule has 0 bridgehead atoms. The number of hydrogen-bond donors (Lipinski definition) is 0. The summed E-state index contributed by atoms with van der Waals surface area (Å²) in [7, 11) is 0. The molecule has 0 heterocycles. The average molecular weight is 229 g/mol. The molecule has 0 saturated heterocycles. The van der Waals surface area contributed by atoms with E-state index < -0.39 is 0 Å². The quantitative estimate of drug-likeness (QED) is 0.571. The summed E-state index contributed by atoms with van der Waals surface area (Å²) < 4.78 is 0. The van der Waals surface area contributed by atoms with Crippen LogP contribution in [0, 0.1) is 6.92 Å². The van der Waals surface area contributed by atoms with Crippen molar-refractivity contribution in [3.63, 3.8) is 0 Å². The predicted octanol–water partition coefficient (Wildman–Crippen LogP) is 3.86. The average Bonchev–Trinajstić information content (AvgIpc) is 2.55. The first-order valence-electron chi connectivity index (χ1n) is 5.13. The van der Waals surface area contributed by atoms with Gasteiger partial charge in [-0.2, -0.15) is 0 Å². The van der Waals surface area contributed by atoms with Gasteiger partial charge in [0.1, 0.15) is 0 Å². The third kappa shape index (κ3) is 1.15. The number of ketones is 1. The maximum absolute atomic E-state index is 12.1. The third-order valence-electron chi connectivity index (χ3n) is 2.95. The van der Waals surface area contributed by atoms with Gasteiger partial charge in [-0.05, 0) is 24.6 Å². The first kappa shape index (κ1) is 9.61. The molecule has 78 valence electrons. The van der Waals surface area contributed by atoms with Crippen molar-refractivity contribution in [3.8, 4) is 11.1 Å². The van der Waals surface area contributed by atoms with Gasteiger partial charge in [-0.15, -0.1) is 0 Å². The van der Waals surface area contributed by atoms with Crippen LogP contribution in [0.25, 0.3) is 11.1 Å². The summed E-state index contributed by atoms with van der Waals surface area (Å²) in [4.78, 5) is 12.1. The van der Waals surface area contributed by atoms with Crippen LogP contribution in [0.3, 0.4) is 0 Å². The maximum atomic E-state index is 12.1. The number of aryl methyl sites for hydroxylation is 1. The van der Waals surface area contributed by atoms with Crippen LogP contribution in [0.2, 0.25) is 5.02 Å². The minimum atomic E-state index is 0.0798. The van der Waals surface area contributed by atoms with Gasteiger partial charge in [0, 0.05) is 21.7 Å². The van der Waals surface area contributed by atoms with Crippen LogP contribution in [-0.4, -0.2) is 5.78 Å². The Morgan fingerprint density at radius 1 is 1.00 bits per heavy atom. The van der Waals surface area contributed by atoms with E-state index in [0.717, 1.165) is 22.3 Å². The van der Waals surface area contributed by atoms with E-state index in [9.17, 15) is 4.79 Å². The van der Waals surface area contributed by atoms with Gasteiger partial charge in [0.05, 0.1) is 0 Å². The first-order valence-corrected chi connectivity index (χ1v) is 5.50. The number of benzene rings is 2. The van der Waals surface area contributed by atoms with E-state index in [1.54, 1.807) is 0 Å². The van der Waals surface area contributed by atoms with E-state index in [1.165, 1.54) is 0 Å². The van der Waals surface area contributed by atoms with Crippen LogP contribution in [0.1, 0.15) is 21.5 Å². The van der Waals surface area contributed by atoms with Gasteiger partial charge < -0.3 is 0 Å². The van der Waals surface area contributed by atoms with Gasteiger partial charge >= 0.3 is 0 Å². The predicted molar refractivity (Wildman–Crippen MR) is 65.1 cm³/mol. The SMILES string of the molecule is Cc1ccc2c(c1)C(=O)c1cccc(Cl)c1-2. The van der Waals surface area contributed by atoms with E-state index in [0.29, 0.717) is 10.6 Å². The molecule has 0 unspecified atom stereocenters. The van der Waals surface area contributed by atoms with Crippen molar-refractivity contribution in [1.82, 2.24) is 0 Å². The Bertz CT molecular complexity index is 614. The summed E-state index contributed by atoms with van der Waals surface area (Å²) in [6.07, 6.45) is 0. The summed E-state index contributed by atoms with van der Waals surface area (Å²) in [5.41, 5.74) is 4.41. The second-order valence-corrected chi connectivity index (χ2v) is 4.45. The lowest BCUT2D eigenvalue weighted by Gasteiger charge is -2.02. The number of rotatable bonds is 0. The highest BCUT2D eigenvalue weighted by atomic mass is 35.5. The number of fused-ring (bicyclic) bond motifs is 3. The lowest BCUT2D eigenvalue weighted by molar-refractivity contribution is 0.104. The van der Waals surface area contributed by atoms with Crippen LogP contribution >= 0.6 is 11.6 Å². The molecule has 2 aromatic carbocycles. The van der Waals surface area contributed by atoms with Crippen molar-refractivity contribution in [2.75, 3.05) is 0 Å². The molecule has 0 fully saturated rings. The highest BCUT2D eigenvalue weighted by Crippen LogP contribution is 2.41. The number of carbonyl (C=O) groups is 1. The van der Waals surface area contributed by atoms with Gasteiger partial charge in [-0.25, -0.2) is 0 Å². The zero-order valence-corrected chi connectivity index (χ0v) is 9.51. The zero-order valence-electron chi connectivity index (χ0n) is 8.75.